The molecule has 0 heterocycles. The van der Waals surface area contributed by atoms with Crippen molar-refractivity contribution in [1.29, 1.82) is 0 Å². The average molecular weight is 368 g/mol. The number of ether oxygens (including phenoxy) is 2. The van der Waals surface area contributed by atoms with E-state index in [1.54, 1.807) is 7.11 Å². The van der Waals surface area contributed by atoms with Crippen molar-refractivity contribution in [3.63, 3.8) is 0 Å². The molecule has 1 fully saturated rings. The zero-order chi connectivity index (χ0) is 19.1. The summed E-state index contributed by atoms with van der Waals surface area (Å²) in [6, 6.07) is 13.9. The van der Waals surface area contributed by atoms with Crippen molar-refractivity contribution in [3.05, 3.63) is 48.0 Å². The van der Waals surface area contributed by atoms with Gasteiger partial charge in [0.05, 0.1) is 13.2 Å². The molecule has 5 heteroatoms. The minimum atomic E-state index is -0.0640. The molecule has 27 heavy (non-hydrogen) atoms. The second kappa shape index (κ2) is 9.31. The van der Waals surface area contributed by atoms with Crippen LogP contribution in [0.3, 0.4) is 0 Å². The summed E-state index contributed by atoms with van der Waals surface area (Å²) in [5, 5.41) is 6.18. The number of amides is 1. The van der Waals surface area contributed by atoms with Crippen LogP contribution in [-0.4, -0.2) is 25.7 Å². The highest BCUT2D eigenvalue weighted by molar-refractivity contribution is 5.88. The second-order valence-electron chi connectivity index (χ2n) is 6.94. The van der Waals surface area contributed by atoms with E-state index in [0.29, 0.717) is 6.10 Å². The van der Waals surface area contributed by atoms with E-state index in [-0.39, 0.29) is 5.91 Å². The van der Waals surface area contributed by atoms with Crippen molar-refractivity contribution in [2.75, 3.05) is 24.3 Å². The summed E-state index contributed by atoms with van der Waals surface area (Å²) in [4.78, 5) is 11.1. The van der Waals surface area contributed by atoms with Gasteiger partial charge < -0.3 is 20.1 Å². The van der Waals surface area contributed by atoms with E-state index in [0.717, 1.165) is 48.7 Å². The van der Waals surface area contributed by atoms with Crippen LogP contribution in [0.4, 0.5) is 11.4 Å². The lowest BCUT2D eigenvalue weighted by Gasteiger charge is -2.17. The van der Waals surface area contributed by atoms with Gasteiger partial charge in [-0.2, -0.15) is 0 Å². The summed E-state index contributed by atoms with van der Waals surface area (Å²) >= 11 is 0. The van der Waals surface area contributed by atoms with Gasteiger partial charge in [0.1, 0.15) is 0 Å². The van der Waals surface area contributed by atoms with E-state index in [2.05, 4.69) is 22.8 Å². The number of benzene rings is 2. The van der Waals surface area contributed by atoms with Crippen molar-refractivity contribution in [2.24, 2.45) is 0 Å². The third-order valence-corrected chi connectivity index (χ3v) is 4.77. The molecule has 2 aromatic carbocycles. The second-order valence-corrected chi connectivity index (χ2v) is 6.94. The first kappa shape index (κ1) is 19.1. The molecule has 0 aliphatic heterocycles. The van der Waals surface area contributed by atoms with E-state index < -0.39 is 0 Å². The Morgan fingerprint density at radius 2 is 1.74 bits per heavy atom. The maximum atomic E-state index is 11.1. The van der Waals surface area contributed by atoms with Crippen LogP contribution in [0.1, 0.15) is 38.2 Å². The van der Waals surface area contributed by atoms with Gasteiger partial charge in [-0.15, -0.1) is 0 Å². The molecule has 0 bridgehead atoms. The van der Waals surface area contributed by atoms with Gasteiger partial charge in [0.15, 0.2) is 11.5 Å². The summed E-state index contributed by atoms with van der Waals surface area (Å²) in [7, 11) is 1.68. The van der Waals surface area contributed by atoms with Crippen LogP contribution in [0.5, 0.6) is 11.5 Å². The molecule has 1 saturated carbocycles. The van der Waals surface area contributed by atoms with Gasteiger partial charge in [0.25, 0.3) is 0 Å². The Morgan fingerprint density at radius 1 is 1.04 bits per heavy atom. The number of carbonyl (C=O) groups excluding carboxylic acids is 1. The van der Waals surface area contributed by atoms with Gasteiger partial charge in [-0.1, -0.05) is 6.07 Å². The highest BCUT2D eigenvalue weighted by Crippen LogP contribution is 2.32. The van der Waals surface area contributed by atoms with E-state index in [9.17, 15) is 4.79 Å². The van der Waals surface area contributed by atoms with Gasteiger partial charge >= 0.3 is 0 Å². The largest absolute Gasteiger partial charge is 0.493 e. The van der Waals surface area contributed by atoms with Gasteiger partial charge in [0, 0.05) is 24.8 Å². The molecule has 3 rings (SSSR count). The summed E-state index contributed by atoms with van der Waals surface area (Å²) in [6.07, 6.45) is 5.95. The Bertz CT molecular complexity index is 753. The molecule has 2 aromatic rings. The van der Waals surface area contributed by atoms with Gasteiger partial charge in [-0.3, -0.25) is 4.79 Å². The first-order valence-electron chi connectivity index (χ1n) is 9.59. The molecule has 5 nitrogen and oxygen atoms in total. The summed E-state index contributed by atoms with van der Waals surface area (Å²) in [5.41, 5.74) is 3.04. The third-order valence-electron chi connectivity index (χ3n) is 4.77. The van der Waals surface area contributed by atoms with E-state index in [1.165, 1.54) is 25.3 Å². The van der Waals surface area contributed by atoms with Gasteiger partial charge in [0.2, 0.25) is 5.91 Å². The van der Waals surface area contributed by atoms with E-state index in [4.69, 9.17) is 9.47 Å². The molecule has 0 saturated heterocycles. The Labute approximate surface area is 161 Å². The van der Waals surface area contributed by atoms with Crippen LogP contribution in [0.15, 0.2) is 42.5 Å². The lowest BCUT2D eigenvalue weighted by molar-refractivity contribution is -0.114. The Kier molecular flexibility index (Phi) is 6.58. The number of methoxy groups -OCH3 is 1. The molecule has 1 aliphatic rings. The van der Waals surface area contributed by atoms with Crippen LogP contribution in [0.25, 0.3) is 0 Å². The number of carbonyl (C=O) groups is 1. The SMILES string of the molecule is COc1ccc(CCNc2ccc(NC(C)=O)cc2)cc1OC1CCCC1. The number of hydrogen-bond acceptors (Lipinski definition) is 4. The van der Waals surface area contributed by atoms with Crippen LogP contribution < -0.4 is 20.1 Å². The van der Waals surface area contributed by atoms with Crippen molar-refractivity contribution >= 4 is 17.3 Å². The topological polar surface area (TPSA) is 59.6 Å². The zero-order valence-electron chi connectivity index (χ0n) is 16.1. The lowest BCUT2D eigenvalue weighted by atomic mass is 10.1. The molecule has 0 radical (unpaired) electrons. The fraction of sp³-hybridized carbons (Fsp3) is 0.409. The predicted octanol–water partition coefficient (Wildman–Crippen LogP) is 4.63. The fourth-order valence-electron chi connectivity index (χ4n) is 3.38. The molecular weight excluding hydrogens is 340 g/mol. The highest BCUT2D eigenvalue weighted by atomic mass is 16.5. The highest BCUT2D eigenvalue weighted by Gasteiger charge is 2.18. The third kappa shape index (κ3) is 5.64. The van der Waals surface area contributed by atoms with E-state index >= 15 is 0 Å². The summed E-state index contributed by atoms with van der Waals surface area (Å²) in [5.74, 6) is 1.58. The predicted molar refractivity (Wildman–Crippen MR) is 109 cm³/mol. The zero-order valence-corrected chi connectivity index (χ0v) is 16.1. The van der Waals surface area contributed by atoms with Gasteiger partial charge in [-0.25, -0.2) is 0 Å². The molecule has 1 aliphatic carbocycles. The van der Waals surface area contributed by atoms with Crippen LogP contribution in [0.2, 0.25) is 0 Å². The maximum absolute atomic E-state index is 11.1. The molecule has 1 amide bonds. The van der Waals surface area contributed by atoms with Crippen LogP contribution >= 0.6 is 0 Å². The minimum absolute atomic E-state index is 0.0640. The number of rotatable bonds is 8. The first-order valence-corrected chi connectivity index (χ1v) is 9.59. The van der Waals surface area contributed by atoms with Gasteiger partial charge in [-0.05, 0) is 74.1 Å². The Morgan fingerprint density at radius 3 is 2.41 bits per heavy atom. The maximum Gasteiger partial charge on any atom is 0.221 e. The smallest absolute Gasteiger partial charge is 0.221 e. The number of nitrogens with one attached hydrogen (secondary N) is 2. The summed E-state index contributed by atoms with van der Waals surface area (Å²) < 4.78 is 11.6. The molecular formula is C22H28N2O3. The molecule has 0 unspecified atom stereocenters. The van der Waals surface area contributed by atoms with Crippen molar-refractivity contribution in [2.45, 2.75) is 45.1 Å². The quantitative estimate of drug-likeness (QED) is 0.713. The monoisotopic (exact) mass is 368 g/mol. The molecule has 2 N–H and O–H groups in total. The number of hydrogen-bond donors (Lipinski definition) is 2. The van der Waals surface area contributed by atoms with Crippen molar-refractivity contribution in [1.82, 2.24) is 0 Å². The molecule has 0 atom stereocenters. The van der Waals surface area contributed by atoms with E-state index in [1.807, 2.05) is 30.3 Å². The first-order chi connectivity index (χ1) is 13.1. The van der Waals surface area contributed by atoms with Crippen LogP contribution in [-0.2, 0) is 11.2 Å². The molecule has 144 valence electrons. The standard InChI is InChI=1S/C22H28N2O3/c1-16(25)24-19-10-8-18(9-11-19)23-14-13-17-7-12-21(26-2)22(15-17)27-20-5-3-4-6-20/h7-12,15,20,23H,3-6,13-14H2,1-2H3,(H,24,25). The normalized spacial score (nSPS) is 14.0. The van der Waals surface area contributed by atoms with Crippen molar-refractivity contribution < 1.29 is 14.3 Å². The Hall–Kier alpha value is -2.69. The van der Waals surface area contributed by atoms with Crippen LogP contribution in [0, 0.1) is 0 Å². The lowest BCUT2D eigenvalue weighted by Crippen LogP contribution is -2.12. The summed E-state index contributed by atoms with van der Waals surface area (Å²) in [6.45, 7) is 2.32. The van der Waals surface area contributed by atoms with Crippen molar-refractivity contribution in [3.8, 4) is 11.5 Å². The molecule has 0 spiro atoms. The average Bonchev–Trinajstić information content (AvgIpc) is 3.16. The molecule has 0 aromatic heterocycles. The number of anilines is 2. The fourth-order valence-corrected chi connectivity index (χ4v) is 3.38. The minimum Gasteiger partial charge on any atom is -0.493 e. The Balaban J connectivity index is 1.54.